The number of pyridine rings is 1. The van der Waals surface area contributed by atoms with Crippen molar-refractivity contribution in [3.63, 3.8) is 0 Å². The van der Waals surface area contributed by atoms with Crippen LogP contribution in [0.3, 0.4) is 0 Å². The molecule has 0 aliphatic carbocycles. The summed E-state index contributed by atoms with van der Waals surface area (Å²) < 4.78 is 6.00. The Morgan fingerprint density at radius 2 is 1.79 bits per heavy atom. The second kappa shape index (κ2) is 11.5. The van der Waals surface area contributed by atoms with E-state index < -0.39 is 0 Å². The summed E-state index contributed by atoms with van der Waals surface area (Å²) in [5.41, 5.74) is 2.37. The van der Waals surface area contributed by atoms with Gasteiger partial charge in [-0.2, -0.15) is 0 Å². The summed E-state index contributed by atoms with van der Waals surface area (Å²) in [4.78, 5) is 19.0. The van der Waals surface area contributed by atoms with E-state index in [-0.39, 0.29) is 42.9 Å². The van der Waals surface area contributed by atoms with Crippen LogP contribution < -0.4 is 5.32 Å². The first-order valence-corrected chi connectivity index (χ1v) is 9.90. The number of piperidine rings is 1. The van der Waals surface area contributed by atoms with Crippen molar-refractivity contribution in [2.24, 2.45) is 0 Å². The van der Waals surface area contributed by atoms with Crippen molar-refractivity contribution < 1.29 is 9.53 Å². The molecule has 0 unspecified atom stereocenters. The Labute approximate surface area is 185 Å². The molecule has 0 radical (unpaired) electrons. The molecule has 1 aromatic heterocycles. The second-order valence-electron chi connectivity index (χ2n) is 7.46. The van der Waals surface area contributed by atoms with Crippen LogP contribution >= 0.6 is 24.8 Å². The van der Waals surface area contributed by atoms with Gasteiger partial charge in [-0.25, -0.2) is 0 Å². The van der Waals surface area contributed by atoms with Crippen LogP contribution in [-0.2, 0) is 16.1 Å². The number of carbonyl (C=O) groups excluding carboxylic acids is 1. The maximum absolute atomic E-state index is 12.9. The van der Waals surface area contributed by atoms with Gasteiger partial charge in [0, 0.05) is 31.5 Å². The van der Waals surface area contributed by atoms with Crippen molar-refractivity contribution in [1.82, 2.24) is 15.2 Å². The summed E-state index contributed by atoms with van der Waals surface area (Å²) in [6.07, 6.45) is 7.58. The van der Waals surface area contributed by atoms with Crippen LogP contribution in [0.1, 0.15) is 42.9 Å². The highest BCUT2D eigenvalue weighted by atomic mass is 35.5. The monoisotopic (exact) mass is 437 g/mol. The fraction of sp³-hybridized carbons (Fsp3) is 0.455. The lowest BCUT2D eigenvalue weighted by atomic mass is 10.0. The molecule has 0 bridgehead atoms. The van der Waals surface area contributed by atoms with Crippen LogP contribution in [0.5, 0.6) is 0 Å². The van der Waals surface area contributed by atoms with Gasteiger partial charge >= 0.3 is 0 Å². The van der Waals surface area contributed by atoms with Crippen LogP contribution in [0.4, 0.5) is 0 Å². The first-order valence-electron chi connectivity index (χ1n) is 9.90. The van der Waals surface area contributed by atoms with E-state index in [9.17, 15) is 4.79 Å². The first-order chi connectivity index (χ1) is 13.3. The molecule has 2 fully saturated rings. The Morgan fingerprint density at radius 1 is 1.03 bits per heavy atom. The van der Waals surface area contributed by atoms with E-state index in [0.717, 1.165) is 44.3 Å². The molecule has 2 saturated heterocycles. The smallest absolute Gasteiger partial charge is 0.239 e. The molecular weight excluding hydrogens is 409 g/mol. The Morgan fingerprint density at radius 3 is 2.48 bits per heavy atom. The van der Waals surface area contributed by atoms with Crippen LogP contribution in [0.15, 0.2) is 54.9 Å². The maximum Gasteiger partial charge on any atom is 0.239 e. The van der Waals surface area contributed by atoms with Gasteiger partial charge in [-0.3, -0.25) is 15.1 Å². The standard InChI is InChI=1S/C22H27N3O2.2ClH/c26-22(21-9-8-20(24-21)18-6-2-1-3-7-18)25-13-10-19(11-14-25)27-16-17-5-4-12-23-15-17;;/h1-7,12,15,19-21,24H,8-11,13-14,16H2;2*1H/t20-,21-;;/m1../s1. The molecule has 0 saturated carbocycles. The van der Waals surface area contributed by atoms with Gasteiger partial charge in [0.25, 0.3) is 0 Å². The third-order valence-corrected chi connectivity index (χ3v) is 5.61. The minimum atomic E-state index is -0.0527. The number of hydrogen-bond acceptors (Lipinski definition) is 4. The molecule has 158 valence electrons. The Balaban J connectivity index is 0.00000150. The van der Waals surface area contributed by atoms with Gasteiger partial charge in [0.15, 0.2) is 0 Å². The minimum absolute atomic E-state index is 0. The molecule has 7 heteroatoms. The van der Waals surface area contributed by atoms with Crippen molar-refractivity contribution in [3.8, 4) is 0 Å². The van der Waals surface area contributed by atoms with E-state index in [2.05, 4.69) is 34.6 Å². The topological polar surface area (TPSA) is 54.5 Å². The molecule has 2 aromatic rings. The van der Waals surface area contributed by atoms with Crippen molar-refractivity contribution in [2.75, 3.05) is 13.1 Å². The summed E-state index contributed by atoms with van der Waals surface area (Å²) in [6.45, 7) is 2.16. The number of carbonyl (C=O) groups is 1. The zero-order valence-corrected chi connectivity index (χ0v) is 18.0. The molecule has 2 aliphatic heterocycles. The highest BCUT2D eigenvalue weighted by Crippen LogP contribution is 2.28. The summed E-state index contributed by atoms with van der Waals surface area (Å²) in [5, 5.41) is 3.53. The van der Waals surface area contributed by atoms with Crippen LogP contribution in [0.25, 0.3) is 0 Å². The maximum atomic E-state index is 12.9. The lowest BCUT2D eigenvalue weighted by molar-refractivity contribution is -0.136. The quantitative estimate of drug-likeness (QED) is 0.769. The van der Waals surface area contributed by atoms with Crippen LogP contribution in [0, 0.1) is 0 Å². The number of likely N-dealkylation sites (tertiary alicyclic amines) is 1. The fourth-order valence-corrected chi connectivity index (χ4v) is 4.05. The van der Waals surface area contributed by atoms with Crippen molar-refractivity contribution in [3.05, 3.63) is 66.0 Å². The van der Waals surface area contributed by atoms with Crippen molar-refractivity contribution in [1.29, 1.82) is 0 Å². The Kier molecular flexibility index (Phi) is 9.37. The van der Waals surface area contributed by atoms with Gasteiger partial charge in [-0.05, 0) is 42.9 Å². The lowest BCUT2D eigenvalue weighted by Gasteiger charge is -2.33. The zero-order chi connectivity index (χ0) is 18.5. The van der Waals surface area contributed by atoms with Gasteiger partial charge in [-0.15, -0.1) is 24.8 Å². The number of nitrogens with one attached hydrogen (secondary N) is 1. The molecule has 5 nitrogen and oxygen atoms in total. The summed E-state index contributed by atoms with van der Waals surface area (Å²) in [5.74, 6) is 0.249. The number of nitrogens with zero attached hydrogens (tertiary/aromatic N) is 2. The van der Waals surface area contributed by atoms with E-state index in [1.165, 1.54) is 5.56 Å². The van der Waals surface area contributed by atoms with Crippen LogP contribution in [-0.4, -0.2) is 41.0 Å². The number of amides is 1. The molecule has 1 N–H and O–H groups in total. The van der Waals surface area contributed by atoms with E-state index >= 15 is 0 Å². The predicted molar refractivity (Wildman–Crippen MR) is 118 cm³/mol. The second-order valence-corrected chi connectivity index (χ2v) is 7.46. The molecule has 2 aliphatic rings. The molecular formula is C22H29Cl2N3O2. The summed E-state index contributed by atoms with van der Waals surface area (Å²) >= 11 is 0. The molecule has 4 rings (SSSR count). The van der Waals surface area contributed by atoms with Crippen LogP contribution in [0.2, 0.25) is 0 Å². The Hall–Kier alpha value is -1.66. The highest BCUT2D eigenvalue weighted by Gasteiger charge is 2.34. The lowest BCUT2D eigenvalue weighted by Crippen LogP contribution is -2.48. The Bertz CT molecular complexity index is 740. The highest BCUT2D eigenvalue weighted by molar-refractivity contribution is 5.85. The van der Waals surface area contributed by atoms with Gasteiger partial charge < -0.3 is 9.64 Å². The zero-order valence-electron chi connectivity index (χ0n) is 16.4. The number of aromatic nitrogens is 1. The van der Waals surface area contributed by atoms with Gasteiger partial charge in [0.1, 0.15) is 0 Å². The number of benzene rings is 1. The van der Waals surface area contributed by atoms with E-state index in [0.29, 0.717) is 12.6 Å². The third kappa shape index (κ3) is 6.16. The predicted octanol–water partition coefficient (Wildman–Crippen LogP) is 3.93. The molecule has 2 atom stereocenters. The summed E-state index contributed by atoms with van der Waals surface area (Å²) in [7, 11) is 0. The van der Waals surface area contributed by atoms with Crippen molar-refractivity contribution >= 4 is 30.7 Å². The average molecular weight is 438 g/mol. The number of halogens is 2. The number of ether oxygens (including phenoxy) is 1. The van der Waals surface area contributed by atoms with Gasteiger partial charge in [0.05, 0.1) is 18.8 Å². The average Bonchev–Trinajstić information content (AvgIpc) is 3.24. The van der Waals surface area contributed by atoms with Gasteiger partial charge in [-0.1, -0.05) is 36.4 Å². The normalized spacial score (nSPS) is 21.9. The molecule has 3 heterocycles. The van der Waals surface area contributed by atoms with Crippen molar-refractivity contribution in [2.45, 2.75) is 50.5 Å². The van der Waals surface area contributed by atoms with Gasteiger partial charge in [0.2, 0.25) is 5.91 Å². The molecule has 1 aromatic carbocycles. The molecule has 29 heavy (non-hydrogen) atoms. The number of rotatable bonds is 5. The van der Waals surface area contributed by atoms with E-state index in [1.54, 1.807) is 6.20 Å². The SMILES string of the molecule is Cl.Cl.O=C([C@H]1CC[C@H](c2ccccc2)N1)N1CCC(OCc2cccnc2)CC1. The molecule has 1 amide bonds. The first kappa shape index (κ1) is 23.6. The fourth-order valence-electron chi connectivity index (χ4n) is 4.05. The summed E-state index contributed by atoms with van der Waals surface area (Å²) in [6, 6.07) is 14.6. The minimum Gasteiger partial charge on any atom is -0.373 e. The third-order valence-electron chi connectivity index (χ3n) is 5.61. The van der Waals surface area contributed by atoms with E-state index in [1.807, 2.05) is 29.3 Å². The number of hydrogen-bond donors (Lipinski definition) is 1. The largest absolute Gasteiger partial charge is 0.373 e. The van der Waals surface area contributed by atoms with E-state index in [4.69, 9.17) is 4.74 Å². The molecule has 0 spiro atoms.